The molecule has 0 aliphatic heterocycles. The minimum Gasteiger partial charge on any atom is -0.410 e. The Morgan fingerprint density at radius 2 is 1.86 bits per heavy atom. The fraction of sp³-hybridized carbons (Fsp3) is 0.500. The van der Waals surface area contributed by atoms with Gasteiger partial charge >= 0.3 is 0 Å². The van der Waals surface area contributed by atoms with Gasteiger partial charge in [-0.05, 0) is 46.5 Å². The second-order valence-corrected chi connectivity index (χ2v) is 12.3. The van der Waals surface area contributed by atoms with Crippen LogP contribution in [0.15, 0.2) is 29.3 Å². The maximum atomic E-state index is 14.1. The molecule has 1 rings (SSSR count). The van der Waals surface area contributed by atoms with E-state index in [1.165, 1.54) is 6.07 Å². The molecule has 0 N–H and O–H groups in total. The van der Waals surface area contributed by atoms with Gasteiger partial charge in [0, 0.05) is 11.6 Å². The maximum absolute atomic E-state index is 14.1. The van der Waals surface area contributed by atoms with Crippen molar-refractivity contribution in [3.63, 3.8) is 0 Å². The molecule has 0 aromatic heterocycles. The van der Waals surface area contributed by atoms with E-state index in [0.717, 1.165) is 6.07 Å². The first kappa shape index (κ1) is 18.5. The quantitative estimate of drug-likeness (QED) is 0.329. The molecule has 1 aromatic rings. The average Bonchev–Trinajstić information content (AvgIpc) is 2.31. The summed E-state index contributed by atoms with van der Waals surface area (Å²) in [7, 11) is -2.07. The van der Waals surface area contributed by atoms with Gasteiger partial charge in [0.25, 0.3) is 0 Å². The molecule has 0 spiro atoms. The van der Waals surface area contributed by atoms with Crippen molar-refractivity contribution in [1.82, 2.24) is 0 Å². The average molecular weight is 377 g/mol. The van der Waals surface area contributed by atoms with E-state index in [0.29, 0.717) is 12.0 Å². The van der Waals surface area contributed by atoms with Gasteiger partial charge in [0.1, 0.15) is 11.6 Å². The molecule has 0 fully saturated rings. The van der Waals surface area contributed by atoms with Gasteiger partial charge in [0.2, 0.25) is 0 Å². The highest BCUT2D eigenvalue weighted by molar-refractivity contribution is 9.10. The van der Waals surface area contributed by atoms with Crippen LogP contribution in [0, 0.1) is 11.6 Å². The molecule has 0 radical (unpaired) electrons. The highest BCUT2D eigenvalue weighted by Crippen LogP contribution is 2.41. The van der Waals surface area contributed by atoms with E-state index >= 15 is 0 Å². The summed E-state index contributed by atoms with van der Waals surface area (Å²) in [6.07, 6.45) is 1.75. The SMILES string of the molecule is C=CCC(O[Si](C)(C)C(C)(C)C)c1cc(Br)c(F)cc1F. The third-order valence-electron chi connectivity index (χ3n) is 4.01. The monoisotopic (exact) mass is 376 g/mol. The zero-order chi connectivity index (χ0) is 16.4. The molecule has 0 aliphatic rings. The number of benzene rings is 1. The van der Waals surface area contributed by atoms with Crippen molar-refractivity contribution in [1.29, 1.82) is 0 Å². The molecular weight excluding hydrogens is 354 g/mol. The topological polar surface area (TPSA) is 9.23 Å². The van der Waals surface area contributed by atoms with Gasteiger partial charge in [0.05, 0.1) is 10.6 Å². The Hall–Kier alpha value is -0.523. The molecule has 118 valence electrons. The third kappa shape index (κ3) is 4.47. The Morgan fingerprint density at radius 1 is 1.29 bits per heavy atom. The van der Waals surface area contributed by atoms with Crippen molar-refractivity contribution in [2.24, 2.45) is 0 Å². The molecule has 0 heterocycles. The lowest BCUT2D eigenvalue weighted by molar-refractivity contribution is 0.182. The van der Waals surface area contributed by atoms with Crippen LogP contribution in [-0.2, 0) is 4.43 Å². The fourth-order valence-electron chi connectivity index (χ4n) is 1.71. The Bertz CT molecular complexity index is 524. The summed E-state index contributed by atoms with van der Waals surface area (Å²) in [5, 5.41) is 0.0140. The van der Waals surface area contributed by atoms with Crippen molar-refractivity contribution in [3.8, 4) is 0 Å². The number of hydrogen-bond donors (Lipinski definition) is 0. The second kappa shape index (κ2) is 6.71. The maximum Gasteiger partial charge on any atom is 0.192 e. The van der Waals surface area contributed by atoms with Crippen LogP contribution in [0.25, 0.3) is 0 Å². The van der Waals surface area contributed by atoms with Crippen LogP contribution in [0.4, 0.5) is 8.78 Å². The van der Waals surface area contributed by atoms with Gasteiger partial charge in [-0.25, -0.2) is 8.78 Å². The van der Waals surface area contributed by atoms with Gasteiger partial charge in [-0.3, -0.25) is 0 Å². The lowest BCUT2D eigenvalue weighted by atomic mass is 10.1. The zero-order valence-corrected chi connectivity index (χ0v) is 15.9. The first-order chi connectivity index (χ1) is 9.49. The Labute approximate surface area is 135 Å². The predicted molar refractivity (Wildman–Crippen MR) is 89.9 cm³/mol. The van der Waals surface area contributed by atoms with E-state index < -0.39 is 26.1 Å². The lowest BCUT2D eigenvalue weighted by Crippen LogP contribution is -2.41. The molecule has 1 unspecified atom stereocenters. The Kier molecular flexibility index (Phi) is 5.92. The minimum atomic E-state index is -2.07. The van der Waals surface area contributed by atoms with Gasteiger partial charge in [-0.15, -0.1) is 6.58 Å². The minimum absolute atomic E-state index is 0.0140. The van der Waals surface area contributed by atoms with Crippen LogP contribution < -0.4 is 0 Å². The first-order valence-corrected chi connectivity index (χ1v) is 10.6. The third-order valence-corrected chi connectivity index (χ3v) is 9.10. The summed E-state index contributed by atoms with van der Waals surface area (Å²) in [5.74, 6) is -1.19. The predicted octanol–water partition coefficient (Wildman–Crippen LogP) is 6.37. The van der Waals surface area contributed by atoms with E-state index in [9.17, 15) is 8.78 Å². The van der Waals surface area contributed by atoms with Gasteiger partial charge < -0.3 is 4.43 Å². The Balaban J connectivity index is 3.19. The number of rotatable bonds is 5. The first-order valence-electron chi connectivity index (χ1n) is 6.92. The highest BCUT2D eigenvalue weighted by Gasteiger charge is 2.39. The van der Waals surface area contributed by atoms with Crippen LogP contribution >= 0.6 is 15.9 Å². The van der Waals surface area contributed by atoms with E-state index in [4.69, 9.17) is 4.43 Å². The van der Waals surface area contributed by atoms with E-state index in [1.807, 2.05) is 0 Å². The number of halogens is 3. The molecule has 1 aromatic carbocycles. The van der Waals surface area contributed by atoms with Crippen molar-refractivity contribution in [2.75, 3.05) is 0 Å². The molecule has 0 saturated heterocycles. The highest BCUT2D eigenvalue weighted by atomic mass is 79.9. The molecular formula is C16H23BrF2OSi. The van der Waals surface area contributed by atoms with Crippen LogP contribution in [0.5, 0.6) is 0 Å². The normalized spacial score (nSPS) is 14.1. The van der Waals surface area contributed by atoms with Gasteiger partial charge in [-0.2, -0.15) is 0 Å². The van der Waals surface area contributed by atoms with E-state index in [1.54, 1.807) is 6.08 Å². The molecule has 1 atom stereocenters. The largest absolute Gasteiger partial charge is 0.410 e. The Morgan fingerprint density at radius 3 is 2.33 bits per heavy atom. The smallest absolute Gasteiger partial charge is 0.192 e. The zero-order valence-electron chi connectivity index (χ0n) is 13.3. The molecule has 1 nitrogen and oxygen atoms in total. The van der Waals surface area contributed by atoms with Crippen molar-refractivity contribution in [3.05, 3.63) is 46.5 Å². The second-order valence-electron chi connectivity index (χ2n) is 6.68. The fourth-order valence-corrected chi connectivity index (χ4v) is 3.36. The van der Waals surface area contributed by atoms with Crippen molar-refractivity contribution >= 4 is 24.2 Å². The van der Waals surface area contributed by atoms with Crippen LogP contribution in [0.2, 0.25) is 18.1 Å². The van der Waals surface area contributed by atoms with E-state index in [-0.39, 0.29) is 9.51 Å². The molecule has 0 amide bonds. The van der Waals surface area contributed by atoms with Crippen LogP contribution in [0.3, 0.4) is 0 Å². The lowest BCUT2D eigenvalue weighted by Gasteiger charge is -2.39. The summed E-state index contributed by atoms with van der Waals surface area (Å²) in [5.41, 5.74) is 0.369. The van der Waals surface area contributed by atoms with E-state index in [2.05, 4.69) is 56.4 Å². The van der Waals surface area contributed by atoms with Crippen molar-refractivity contribution < 1.29 is 13.2 Å². The van der Waals surface area contributed by atoms with Crippen LogP contribution in [0.1, 0.15) is 38.9 Å². The molecule has 0 bridgehead atoms. The standard InChI is InChI=1S/C16H23BrF2OSi/c1-7-8-15(20-21(5,6)16(2,3)4)11-9-12(17)14(19)10-13(11)18/h7,9-10,15H,1,8H2,2-6H3. The summed E-state index contributed by atoms with van der Waals surface area (Å²) in [6.45, 7) is 14.3. The molecule has 21 heavy (non-hydrogen) atoms. The number of hydrogen-bond acceptors (Lipinski definition) is 1. The molecule has 0 aliphatic carbocycles. The van der Waals surface area contributed by atoms with Gasteiger partial charge in [-0.1, -0.05) is 26.8 Å². The summed E-state index contributed by atoms with van der Waals surface area (Å²) >= 11 is 3.11. The van der Waals surface area contributed by atoms with Gasteiger partial charge in [0.15, 0.2) is 8.32 Å². The van der Waals surface area contributed by atoms with Crippen molar-refractivity contribution in [2.45, 2.75) is 51.4 Å². The summed E-state index contributed by atoms with van der Waals surface area (Å²) in [6, 6.07) is 2.36. The summed E-state index contributed by atoms with van der Waals surface area (Å²) < 4.78 is 34.0. The summed E-state index contributed by atoms with van der Waals surface area (Å²) in [4.78, 5) is 0. The molecule has 0 saturated carbocycles. The van der Waals surface area contributed by atoms with Crippen LogP contribution in [-0.4, -0.2) is 8.32 Å². The molecule has 5 heteroatoms.